The standard InChI is InChI=1S/C17H21NO2S/c1-3-4-5-6-12(2)14-9-7-13(8-10-14)11-15-16(19)18-17(20)21-15/h7-12H,3-6H2,1-2H3,(H,18,19,20)/b15-11-. The van der Waals surface area contributed by atoms with Crippen molar-refractivity contribution in [3.05, 3.63) is 40.3 Å². The molecular weight excluding hydrogens is 282 g/mol. The van der Waals surface area contributed by atoms with Crippen LogP contribution in [0.1, 0.15) is 56.6 Å². The number of hydrogen-bond acceptors (Lipinski definition) is 3. The summed E-state index contributed by atoms with van der Waals surface area (Å²) in [5, 5.41) is 1.96. The Balaban J connectivity index is 2.00. The molecule has 1 saturated heterocycles. The number of nitrogens with one attached hydrogen (secondary N) is 1. The number of thioether (sulfide) groups is 1. The van der Waals surface area contributed by atoms with Crippen LogP contribution in [-0.2, 0) is 4.79 Å². The van der Waals surface area contributed by atoms with Crippen molar-refractivity contribution >= 4 is 29.0 Å². The Hall–Kier alpha value is -1.55. The lowest BCUT2D eigenvalue weighted by molar-refractivity contribution is -0.115. The Labute approximate surface area is 130 Å². The van der Waals surface area contributed by atoms with E-state index in [-0.39, 0.29) is 11.1 Å². The monoisotopic (exact) mass is 303 g/mol. The second-order valence-electron chi connectivity index (χ2n) is 5.42. The smallest absolute Gasteiger partial charge is 0.282 e. The topological polar surface area (TPSA) is 46.2 Å². The molecule has 1 fully saturated rings. The lowest BCUT2D eigenvalue weighted by atomic mass is 9.94. The first-order valence-corrected chi connectivity index (χ1v) is 8.26. The maximum absolute atomic E-state index is 11.5. The Morgan fingerprint density at radius 2 is 1.90 bits per heavy atom. The lowest BCUT2D eigenvalue weighted by Gasteiger charge is -2.11. The fourth-order valence-electron chi connectivity index (χ4n) is 2.36. The highest BCUT2D eigenvalue weighted by molar-refractivity contribution is 8.18. The minimum Gasteiger partial charge on any atom is -0.282 e. The van der Waals surface area contributed by atoms with Crippen LogP contribution in [0.25, 0.3) is 6.08 Å². The third-order valence-electron chi connectivity index (χ3n) is 3.69. The molecule has 0 bridgehead atoms. The van der Waals surface area contributed by atoms with Crippen molar-refractivity contribution in [3.8, 4) is 0 Å². The van der Waals surface area contributed by atoms with Crippen LogP contribution in [0.5, 0.6) is 0 Å². The van der Waals surface area contributed by atoms with Gasteiger partial charge < -0.3 is 0 Å². The van der Waals surface area contributed by atoms with Crippen LogP contribution in [-0.4, -0.2) is 11.1 Å². The zero-order valence-electron chi connectivity index (χ0n) is 12.5. The van der Waals surface area contributed by atoms with Gasteiger partial charge in [0.05, 0.1) is 4.91 Å². The minimum absolute atomic E-state index is 0.299. The SMILES string of the molecule is CCCCCC(C)c1ccc(/C=C2\SC(=O)NC2=O)cc1. The van der Waals surface area contributed by atoms with Crippen LogP contribution < -0.4 is 5.32 Å². The molecule has 4 heteroatoms. The number of imide groups is 1. The molecule has 3 nitrogen and oxygen atoms in total. The van der Waals surface area contributed by atoms with Gasteiger partial charge in [0.1, 0.15) is 0 Å². The summed E-state index contributed by atoms with van der Waals surface area (Å²) in [6.45, 7) is 4.47. The van der Waals surface area contributed by atoms with Gasteiger partial charge in [0, 0.05) is 0 Å². The van der Waals surface area contributed by atoms with Gasteiger partial charge in [-0.2, -0.15) is 0 Å². The van der Waals surface area contributed by atoms with E-state index in [0.717, 1.165) is 17.3 Å². The summed E-state index contributed by atoms with van der Waals surface area (Å²) in [5.74, 6) is 0.256. The maximum Gasteiger partial charge on any atom is 0.290 e. The van der Waals surface area contributed by atoms with Crippen molar-refractivity contribution in [2.45, 2.75) is 45.4 Å². The molecule has 1 unspecified atom stereocenters. The predicted molar refractivity (Wildman–Crippen MR) is 88.1 cm³/mol. The number of hydrogen-bond donors (Lipinski definition) is 1. The molecule has 1 aromatic carbocycles. The van der Waals surface area contributed by atoms with Crippen LogP contribution in [0.3, 0.4) is 0 Å². The number of carbonyl (C=O) groups is 2. The molecule has 0 radical (unpaired) electrons. The molecule has 1 heterocycles. The van der Waals surface area contributed by atoms with E-state index in [1.807, 2.05) is 12.1 Å². The highest BCUT2D eigenvalue weighted by atomic mass is 32.2. The molecule has 0 spiro atoms. The number of amides is 2. The molecule has 0 saturated carbocycles. The van der Waals surface area contributed by atoms with Gasteiger partial charge in [-0.1, -0.05) is 57.4 Å². The molecule has 1 aliphatic heterocycles. The van der Waals surface area contributed by atoms with E-state index in [1.165, 1.54) is 31.2 Å². The predicted octanol–water partition coefficient (Wildman–Crippen LogP) is 4.69. The van der Waals surface area contributed by atoms with E-state index in [9.17, 15) is 9.59 Å². The van der Waals surface area contributed by atoms with Gasteiger partial charge in [0.15, 0.2) is 0 Å². The van der Waals surface area contributed by atoms with Gasteiger partial charge in [-0.25, -0.2) is 0 Å². The lowest BCUT2D eigenvalue weighted by Crippen LogP contribution is -2.17. The van der Waals surface area contributed by atoms with Crippen molar-refractivity contribution in [2.24, 2.45) is 0 Å². The van der Waals surface area contributed by atoms with Crippen LogP contribution in [0.4, 0.5) is 4.79 Å². The van der Waals surface area contributed by atoms with Gasteiger partial charge in [0.2, 0.25) is 0 Å². The fraction of sp³-hybridized carbons (Fsp3) is 0.412. The fourth-order valence-corrected chi connectivity index (χ4v) is 3.04. The van der Waals surface area contributed by atoms with Gasteiger partial charge in [-0.05, 0) is 41.3 Å². The summed E-state index contributed by atoms with van der Waals surface area (Å²) in [6, 6.07) is 8.25. The molecule has 0 aliphatic carbocycles. The Kier molecular flexibility index (Phi) is 5.62. The summed E-state index contributed by atoms with van der Waals surface area (Å²) >= 11 is 0.954. The second kappa shape index (κ2) is 7.46. The summed E-state index contributed by atoms with van der Waals surface area (Å²) in [5.41, 5.74) is 2.28. The summed E-state index contributed by atoms with van der Waals surface area (Å²) in [6.07, 6.45) is 6.77. The molecule has 1 aliphatic rings. The highest BCUT2D eigenvalue weighted by Crippen LogP contribution is 2.27. The van der Waals surface area contributed by atoms with E-state index in [2.05, 4.69) is 31.3 Å². The molecule has 21 heavy (non-hydrogen) atoms. The van der Waals surface area contributed by atoms with Gasteiger partial charge in [-0.3, -0.25) is 14.9 Å². The molecule has 1 aromatic rings. The van der Waals surface area contributed by atoms with Crippen LogP contribution in [0, 0.1) is 0 Å². The van der Waals surface area contributed by atoms with Crippen LogP contribution >= 0.6 is 11.8 Å². The van der Waals surface area contributed by atoms with Crippen LogP contribution in [0.2, 0.25) is 0 Å². The number of carbonyl (C=O) groups excluding carboxylic acids is 2. The Morgan fingerprint density at radius 1 is 1.19 bits per heavy atom. The van der Waals surface area contributed by atoms with Gasteiger partial charge in [-0.15, -0.1) is 0 Å². The highest BCUT2D eigenvalue weighted by Gasteiger charge is 2.24. The average Bonchev–Trinajstić information content (AvgIpc) is 2.78. The summed E-state index contributed by atoms with van der Waals surface area (Å²) < 4.78 is 0. The second-order valence-corrected chi connectivity index (χ2v) is 6.43. The van der Waals surface area contributed by atoms with Crippen LogP contribution in [0.15, 0.2) is 29.2 Å². The van der Waals surface area contributed by atoms with Crippen molar-refractivity contribution in [2.75, 3.05) is 0 Å². The van der Waals surface area contributed by atoms with Gasteiger partial charge >= 0.3 is 0 Å². The largest absolute Gasteiger partial charge is 0.290 e. The van der Waals surface area contributed by atoms with Crippen molar-refractivity contribution < 1.29 is 9.59 Å². The first-order chi connectivity index (χ1) is 10.1. The summed E-state index contributed by atoms with van der Waals surface area (Å²) in [7, 11) is 0. The van der Waals surface area contributed by atoms with Gasteiger partial charge in [0.25, 0.3) is 11.1 Å². The summed E-state index contributed by atoms with van der Waals surface area (Å²) in [4.78, 5) is 23.1. The molecule has 2 amide bonds. The van der Waals surface area contributed by atoms with E-state index in [1.54, 1.807) is 6.08 Å². The first kappa shape index (κ1) is 15.8. The third kappa shape index (κ3) is 4.46. The average molecular weight is 303 g/mol. The first-order valence-electron chi connectivity index (χ1n) is 7.45. The quantitative estimate of drug-likeness (QED) is 0.612. The van der Waals surface area contributed by atoms with E-state index >= 15 is 0 Å². The molecule has 2 rings (SSSR count). The number of unbranched alkanes of at least 4 members (excludes halogenated alkanes) is 2. The van der Waals surface area contributed by atoms with Crippen molar-refractivity contribution in [1.82, 2.24) is 5.32 Å². The van der Waals surface area contributed by atoms with E-state index in [0.29, 0.717) is 10.8 Å². The Bertz CT molecular complexity index is 548. The minimum atomic E-state index is -0.304. The molecule has 0 aromatic heterocycles. The Morgan fingerprint density at radius 3 is 2.48 bits per heavy atom. The van der Waals surface area contributed by atoms with E-state index in [4.69, 9.17) is 0 Å². The molecule has 112 valence electrons. The zero-order valence-corrected chi connectivity index (χ0v) is 13.3. The normalized spacial score (nSPS) is 18.1. The van der Waals surface area contributed by atoms with Crippen molar-refractivity contribution in [3.63, 3.8) is 0 Å². The maximum atomic E-state index is 11.5. The van der Waals surface area contributed by atoms with E-state index < -0.39 is 0 Å². The number of benzene rings is 1. The number of rotatable bonds is 6. The third-order valence-corrected chi connectivity index (χ3v) is 4.50. The molecule has 1 atom stereocenters. The molecular formula is C17H21NO2S. The zero-order chi connectivity index (χ0) is 15.2. The molecule has 1 N–H and O–H groups in total. The van der Waals surface area contributed by atoms with Crippen molar-refractivity contribution in [1.29, 1.82) is 0 Å².